The van der Waals surface area contributed by atoms with Gasteiger partial charge >= 0.3 is 0 Å². The van der Waals surface area contributed by atoms with Gasteiger partial charge in [0.2, 0.25) is 5.91 Å². The average molecular weight is 266 g/mol. The summed E-state index contributed by atoms with van der Waals surface area (Å²) in [6.07, 6.45) is 0.957. The van der Waals surface area contributed by atoms with Crippen LogP contribution in [-0.4, -0.2) is 30.9 Å². The van der Waals surface area contributed by atoms with E-state index in [4.69, 9.17) is 0 Å². The van der Waals surface area contributed by atoms with Gasteiger partial charge in [0.1, 0.15) is 0 Å². The summed E-state index contributed by atoms with van der Waals surface area (Å²) in [4.78, 5) is 15.9. The van der Waals surface area contributed by atoms with Crippen molar-refractivity contribution in [3.05, 3.63) is 22.4 Å². The minimum atomic E-state index is -0.202. The van der Waals surface area contributed by atoms with Crippen molar-refractivity contribution in [3.8, 4) is 0 Å². The van der Waals surface area contributed by atoms with Crippen molar-refractivity contribution in [1.29, 1.82) is 0 Å². The van der Waals surface area contributed by atoms with Crippen LogP contribution in [0.1, 0.15) is 25.1 Å². The lowest BCUT2D eigenvalue weighted by Crippen LogP contribution is -2.46. The fourth-order valence-corrected chi connectivity index (χ4v) is 3.48. The minimum absolute atomic E-state index is 0.202. The topological polar surface area (TPSA) is 32.3 Å². The number of thiophene rings is 1. The molecular formula is C14H22N2OS. The maximum Gasteiger partial charge on any atom is 0.230 e. The molecule has 0 saturated carbocycles. The molecule has 1 aliphatic heterocycles. The van der Waals surface area contributed by atoms with Crippen molar-refractivity contribution in [2.45, 2.75) is 26.8 Å². The molecule has 1 saturated heterocycles. The van der Waals surface area contributed by atoms with Gasteiger partial charge in [-0.1, -0.05) is 19.9 Å². The monoisotopic (exact) mass is 266 g/mol. The highest BCUT2D eigenvalue weighted by atomic mass is 32.1. The SMILES string of the molecule is CC(C)C1(C(=O)N(C)Cc2cccs2)CCNC1. The lowest BCUT2D eigenvalue weighted by atomic mass is 9.75. The molecule has 1 aliphatic rings. The standard InChI is InChI=1S/C14H22N2OS/c1-11(2)14(6-7-15-10-14)13(17)16(3)9-12-5-4-8-18-12/h4-5,8,11,15H,6-7,9-10H2,1-3H3. The molecule has 0 bridgehead atoms. The molecular weight excluding hydrogens is 244 g/mol. The molecule has 1 N–H and O–H groups in total. The Hall–Kier alpha value is -0.870. The molecule has 0 aliphatic carbocycles. The van der Waals surface area contributed by atoms with E-state index in [1.807, 2.05) is 18.0 Å². The van der Waals surface area contributed by atoms with Gasteiger partial charge < -0.3 is 10.2 Å². The zero-order valence-electron chi connectivity index (χ0n) is 11.4. The smallest absolute Gasteiger partial charge is 0.230 e. The van der Waals surface area contributed by atoms with Gasteiger partial charge in [-0.05, 0) is 30.3 Å². The summed E-state index contributed by atoms with van der Waals surface area (Å²) < 4.78 is 0. The quantitative estimate of drug-likeness (QED) is 0.907. The van der Waals surface area contributed by atoms with Crippen molar-refractivity contribution in [2.75, 3.05) is 20.1 Å². The van der Waals surface area contributed by atoms with Crippen LogP contribution in [0, 0.1) is 11.3 Å². The average Bonchev–Trinajstić information content (AvgIpc) is 2.98. The molecule has 1 aromatic heterocycles. The number of carbonyl (C=O) groups is 1. The third-order valence-electron chi connectivity index (χ3n) is 4.04. The number of nitrogens with one attached hydrogen (secondary N) is 1. The highest BCUT2D eigenvalue weighted by Gasteiger charge is 2.45. The number of amides is 1. The van der Waals surface area contributed by atoms with Crippen LogP contribution in [0.15, 0.2) is 17.5 Å². The first kappa shape index (κ1) is 13.6. The van der Waals surface area contributed by atoms with E-state index in [0.29, 0.717) is 5.92 Å². The Labute approximate surface area is 113 Å². The Bertz CT molecular complexity index is 394. The summed E-state index contributed by atoms with van der Waals surface area (Å²) in [6, 6.07) is 4.12. The fraction of sp³-hybridized carbons (Fsp3) is 0.643. The van der Waals surface area contributed by atoms with E-state index in [-0.39, 0.29) is 11.3 Å². The Kier molecular flexibility index (Phi) is 4.07. The lowest BCUT2D eigenvalue weighted by Gasteiger charge is -2.35. The van der Waals surface area contributed by atoms with Crippen LogP contribution in [0.3, 0.4) is 0 Å². The van der Waals surface area contributed by atoms with Crippen LogP contribution in [0.25, 0.3) is 0 Å². The van der Waals surface area contributed by atoms with Crippen molar-refractivity contribution >= 4 is 17.2 Å². The van der Waals surface area contributed by atoms with Crippen molar-refractivity contribution in [1.82, 2.24) is 10.2 Å². The zero-order chi connectivity index (χ0) is 13.2. The number of nitrogens with zero attached hydrogens (tertiary/aromatic N) is 1. The third-order valence-corrected chi connectivity index (χ3v) is 4.90. The molecule has 3 nitrogen and oxygen atoms in total. The van der Waals surface area contributed by atoms with Crippen LogP contribution in [0.4, 0.5) is 0 Å². The van der Waals surface area contributed by atoms with E-state index in [0.717, 1.165) is 26.1 Å². The molecule has 0 spiro atoms. The van der Waals surface area contributed by atoms with Gasteiger partial charge in [0.05, 0.1) is 12.0 Å². The van der Waals surface area contributed by atoms with Gasteiger partial charge in [-0.2, -0.15) is 0 Å². The first-order valence-corrected chi connectivity index (χ1v) is 7.43. The predicted octanol–water partition coefficient (Wildman–Crippen LogP) is 2.34. The van der Waals surface area contributed by atoms with Gasteiger partial charge in [0.15, 0.2) is 0 Å². The Balaban J connectivity index is 2.09. The molecule has 18 heavy (non-hydrogen) atoms. The highest BCUT2D eigenvalue weighted by Crippen LogP contribution is 2.36. The number of rotatable bonds is 4. The fourth-order valence-electron chi connectivity index (χ4n) is 2.72. The van der Waals surface area contributed by atoms with Gasteiger partial charge in [-0.25, -0.2) is 0 Å². The molecule has 100 valence electrons. The van der Waals surface area contributed by atoms with Gasteiger partial charge in [-0.15, -0.1) is 11.3 Å². The van der Waals surface area contributed by atoms with E-state index in [1.54, 1.807) is 11.3 Å². The molecule has 2 heterocycles. The van der Waals surface area contributed by atoms with Crippen molar-refractivity contribution < 1.29 is 4.79 Å². The molecule has 1 aromatic rings. The van der Waals surface area contributed by atoms with Crippen LogP contribution < -0.4 is 5.32 Å². The van der Waals surface area contributed by atoms with Crippen LogP contribution in [0.5, 0.6) is 0 Å². The number of carbonyl (C=O) groups excluding carboxylic acids is 1. The Morgan fingerprint density at radius 3 is 2.89 bits per heavy atom. The van der Waals surface area contributed by atoms with E-state index < -0.39 is 0 Å². The second kappa shape index (κ2) is 5.41. The molecule has 1 amide bonds. The predicted molar refractivity (Wildman–Crippen MR) is 75.6 cm³/mol. The van der Waals surface area contributed by atoms with Crippen molar-refractivity contribution in [2.24, 2.45) is 11.3 Å². The van der Waals surface area contributed by atoms with E-state index in [1.165, 1.54) is 4.88 Å². The van der Waals surface area contributed by atoms with Gasteiger partial charge in [-0.3, -0.25) is 4.79 Å². The molecule has 1 fully saturated rings. The van der Waals surface area contributed by atoms with Crippen LogP contribution >= 0.6 is 11.3 Å². The molecule has 1 unspecified atom stereocenters. The van der Waals surface area contributed by atoms with E-state index in [2.05, 4.69) is 30.6 Å². The minimum Gasteiger partial charge on any atom is -0.340 e. The summed E-state index contributed by atoms with van der Waals surface area (Å²) in [5.41, 5.74) is -0.202. The molecule has 4 heteroatoms. The summed E-state index contributed by atoms with van der Waals surface area (Å²) in [6.45, 7) is 6.81. The van der Waals surface area contributed by atoms with Gasteiger partial charge in [0.25, 0.3) is 0 Å². The van der Waals surface area contributed by atoms with Crippen LogP contribution in [0.2, 0.25) is 0 Å². The Morgan fingerprint density at radius 2 is 2.39 bits per heavy atom. The number of hydrogen-bond acceptors (Lipinski definition) is 3. The lowest BCUT2D eigenvalue weighted by molar-refractivity contribution is -0.142. The van der Waals surface area contributed by atoms with Crippen molar-refractivity contribution in [3.63, 3.8) is 0 Å². The summed E-state index contributed by atoms with van der Waals surface area (Å²) in [7, 11) is 1.92. The maximum absolute atomic E-state index is 12.7. The summed E-state index contributed by atoms with van der Waals surface area (Å²) in [5.74, 6) is 0.668. The maximum atomic E-state index is 12.7. The third kappa shape index (κ3) is 2.45. The second-order valence-electron chi connectivity index (χ2n) is 5.48. The normalized spacial score (nSPS) is 23.6. The van der Waals surface area contributed by atoms with E-state index >= 15 is 0 Å². The van der Waals surface area contributed by atoms with Crippen LogP contribution in [-0.2, 0) is 11.3 Å². The first-order chi connectivity index (χ1) is 8.56. The van der Waals surface area contributed by atoms with E-state index in [9.17, 15) is 4.79 Å². The Morgan fingerprint density at radius 1 is 1.61 bits per heavy atom. The van der Waals surface area contributed by atoms with Gasteiger partial charge in [0, 0.05) is 18.5 Å². The molecule has 2 rings (SSSR count). The summed E-state index contributed by atoms with van der Waals surface area (Å²) in [5, 5.41) is 5.40. The molecule has 0 aromatic carbocycles. The summed E-state index contributed by atoms with van der Waals surface area (Å²) >= 11 is 1.71. The highest BCUT2D eigenvalue weighted by molar-refractivity contribution is 7.09. The number of hydrogen-bond donors (Lipinski definition) is 1. The largest absolute Gasteiger partial charge is 0.340 e. The molecule has 1 atom stereocenters. The zero-order valence-corrected chi connectivity index (χ0v) is 12.2. The second-order valence-corrected chi connectivity index (χ2v) is 6.51. The molecule has 0 radical (unpaired) electrons. The first-order valence-electron chi connectivity index (χ1n) is 6.55.